The number of furan rings is 1. The third-order valence-electron chi connectivity index (χ3n) is 4.29. The van der Waals surface area contributed by atoms with Crippen LogP contribution >= 0.6 is 0 Å². The van der Waals surface area contributed by atoms with Crippen LogP contribution in [0, 0.1) is 0 Å². The molecule has 2 N–H and O–H groups in total. The molecule has 1 atom stereocenters. The van der Waals surface area contributed by atoms with Crippen LogP contribution in [0.15, 0.2) is 51.9 Å². The van der Waals surface area contributed by atoms with Gasteiger partial charge in [0.25, 0.3) is 5.56 Å². The summed E-state index contributed by atoms with van der Waals surface area (Å²) in [5.74, 6) is 1.79. The van der Waals surface area contributed by atoms with Crippen LogP contribution in [0.5, 0.6) is 0 Å². The first-order valence-electron chi connectivity index (χ1n) is 8.59. The van der Waals surface area contributed by atoms with Gasteiger partial charge in [0.05, 0.1) is 17.2 Å². The van der Waals surface area contributed by atoms with E-state index in [-0.39, 0.29) is 11.6 Å². The van der Waals surface area contributed by atoms with Gasteiger partial charge in [-0.15, -0.1) is 0 Å². The molecule has 0 bridgehead atoms. The zero-order chi connectivity index (χ0) is 16.9. The highest BCUT2D eigenvalue weighted by atomic mass is 16.3. The molecule has 5 nitrogen and oxygen atoms in total. The molecule has 0 saturated carbocycles. The molecule has 0 aliphatic heterocycles. The minimum Gasteiger partial charge on any atom is -0.463 e. The first-order chi connectivity index (χ1) is 11.7. The second-order valence-electron chi connectivity index (χ2n) is 5.98. The Kier molecular flexibility index (Phi) is 5.11. The van der Waals surface area contributed by atoms with Crippen molar-refractivity contribution in [2.75, 3.05) is 0 Å². The minimum absolute atomic E-state index is 0.0577. The van der Waals surface area contributed by atoms with Gasteiger partial charge in [0.2, 0.25) is 0 Å². The van der Waals surface area contributed by atoms with E-state index in [9.17, 15) is 4.79 Å². The van der Waals surface area contributed by atoms with Gasteiger partial charge in [-0.05, 0) is 30.7 Å². The first kappa shape index (κ1) is 16.5. The molecule has 0 radical (unpaired) electrons. The number of hydrogen-bond donors (Lipinski definition) is 1. The van der Waals surface area contributed by atoms with E-state index in [1.807, 2.05) is 41.0 Å². The number of fused-ring (bicyclic) bond motifs is 1. The fraction of sp³-hybridized carbons (Fsp3) is 0.368. The molecule has 3 aromatic rings. The summed E-state index contributed by atoms with van der Waals surface area (Å²) < 4.78 is 7.26. The van der Waals surface area contributed by atoms with E-state index < -0.39 is 0 Å². The van der Waals surface area contributed by atoms with Gasteiger partial charge in [0.1, 0.15) is 12.6 Å². The van der Waals surface area contributed by atoms with Gasteiger partial charge in [-0.25, -0.2) is 4.98 Å². The average Bonchev–Trinajstić information content (AvgIpc) is 3.12. The molecule has 0 amide bonds. The maximum Gasteiger partial charge on any atom is 0.261 e. The summed E-state index contributed by atoms with van der Waals surface area (Å²) in [6, 6.07) is 11.6. The van der Waals surface area contributed by atoms with Crippen molar-refractivity contribution >= 4 is 10.9 Å². The number of aromatic nitrogens is 2. The fourth-order valence-corrected chi connectivity index (χ4v) is 3.05. The lowest BCUT2D eigenvalue weighted by molar-refractivity contribution is -0.714. The van der Waals surface area contributed by atoms with Crippen LogP contribution in [0.25, 0.3) is 10.9 Å². The van der Waals surface area contributed by atoms with Crippen molar-refractivity contribution < 1.29 is 9.73 Å². The van der Waals surface area contributed by atoms with E-state index in [1.54, 1.807) is 6.26 Å². The predicted octanol–water partition coefficient (Wildman–Crippen LogP) is 2.61. The van der Waals surface area contributed by atoms with Crippen molar-refractivity contribution in [1.82, 2.24) is 9.55 Å². The second-order valence-corrected chi connectivity index (χ2v) is 5.98. The smallest absolute Gasteiger partial charge is 0.261 e. The van der Waals surface area contributed by atoms with E-state index in [2.05, 4.69) is 19.2 Å². The predicted molar refractivity (Wildman–Crippen MR) is 93.7 cm³/mol. The summed E-state index contributed by atoms with van der Waals surface area (Å²) >= 11 is 0. The lowest BCUT2D eigenvalue weighted by Gasteiger charge is -2.18. The van der Waals surface area contributed by atoms with Crippen molar-refractivity contribution in [2.45, 2.75) is 45.8 Å². The number of nitrogens with zero attached hydrogens (tertiary/aromatic N) is 2. The van der Waals surface area contributed by atoms with Gasteiger partial charge in [0.15, 0.2) is 11.6 Å². The molecule has 1 aromatic carbocycles. The maximum atomic E-state index is 12.9. The Morgan fingerprint density at radius 1 is 1.21 bits per heavy atom. The van der Waals surface area contributed by atoms with Crippen LogP contribution in [-0.2, 0) is 13.1 Å². The summed E-state index contributed by atoms with van der Waals surface area (Å²) in [6.45, 7) is 5.64. The van der Waals surface area contributed by atoms with Gasteiger partial charge in [-0.3, -0.25) is 9.36 Å². The molecule has 0 aliphatic carbocycles. The van der Waals surface area contributed by atoms with Crippen molar-refractivity contribution in [3.05, 3.63) is 64.6 Å². The van der Waals surface area contributed by atoms with Crippen LogP contribution in [-0.4, -0.2) is 9.55 Å². The van der Waals surface area contributed by atoms with Crippen molar-refractivity contribution in [3.8, 4) is 0 Å². The Balaban J connectivity index is 2.01. The zero-order valence-corrected chi connectivity index (χ0v) is 14.2. The largest absolute Gasteiger partial charge is 0.463 e. The minimum atomic E-state index is 0.0577. The van der Waals surface area contributed by atoms with E-state index >= 15 is 0 Å². The van der Waals surface area contributed by atoms with Crippen molar-refractivity contribution in [1.29, 1.82) is 0 Å². The van der Waals surface area contributed by atoms with E-state index in [0.29, 0.717) is 11.9 Å². The standard InChI is InChI=1S/C19H23N3O2/c1-3-11-22-18(16(4-2)20-13-14-8-7-12-24-14)21-17-10-6-5-9-15(17)19(22)23/h5-10,12,16,20H,3-4,11,13H2,1-2H3/p+1/t16-/m1/s1. The molecule has 0 unspecified atom stereocenters. The van der Waals surface area contributed by atoms with Gasteiger partial charge >= 0.3 is 0 Å². The molecule has 3 rings (SSSR count). The molecular weight excluding hydrogens is 302 g/mol. The van der Waals surface area contributed by atoms with Gasteiger partial charge in [-0.1, -0.05) is 26.0 Å². The Bertz CT molecular complexity index is 853. The highest BCUT2D eigenvalue weighted by Crippen LogP contribution is 2.14. The van der Waals surface area contributed by atoms with Gasteiger partial charge in [-0.2, -0.15) is 0 Å². The van der Waals surface area contributed by atoms with Crippen molar-refractivity contribution in [2.24, 2.45) is 0 Å². The molecule has 0 saturated heterocycles. The van der Waals surface area contributed by atoms with Gasteiger partial charge in [0, 0.05) is 13.0 Å². The Morgan fingerprint density at radius 3 is 2.75 bits per heavy atom. The molecule has 0 aliphatic rings. The lowest BCUT2D eigenvalue weighted by atomic mass is 10.1. The first-order valence-corrected chi connectivity index (χ1v) is 8.59. The highest BCUT2D eigenvalue weighted by molar-refractivity contribution is 5.77. The number of nitrogens with two attached hydrogens (primary N) is 1. The molecule has 5 heteroatoms. The fourth-order valence-electron chi connectivity index (χ4n) is 3.05. The SMILES string of the molecule is CCCn1c([C@@H](CC)[NH2+]Cc2ccco2)nc2ccccc2c1=O. The van der Waals surface area contributed by atoms with E-state index in [4.69, 9.17) is 9.40 Å². The van der Waals surface area contributed by atoms with Gasteiger partial charge < -0.3 is 9.73 Å². The monoisotopic (exact) mass is 326 g/mol. The summed E-state index contributed by atoms with van der Waals surface area (Å²) in [7, 11) is 0. The maximum absolute atomic E-state index is 12.9. The molecule has 0 fully saturated rings. The Hall–Kier alpha value is -2.40. The zero-order valence-electron chi connectivity index (χ0n) is 14.2. The summed E-state index contributed by atoms with van der Waals surface area (Å²) in [6.07, 6.45) is 3.49. The number of benzene rings is 1. The Morgan fingerprint density at radius 2 is 2.04 bits per heavy atom. The molecule has 2 aromatic heterocycles. The third kappa shape index (κ3) is 3.26. The Labute approximate surface area is 141 Å². The quantitative estimate of drug-likeness (QED) is 0.726. The number of para-hydroxylation sites is 1. The molecule has 0 spiro atoms. The summed E-state index contributed by atoms with van der Waals surface area (Å²) in [4.78, 5) is 17.7. The van der Waals surface area contributed by atoms with Crippen LogP contribution < -0.4 is 10.9 Å². The van der Waals surface area contributed by atoms with E-state index in [0.717, 1.165) is 36.5 Å². The molecule has 24 heavy (non-hydrogen) atoms. The second kappa shape index (κ2) is 7.45. The topological polar surface area (TPSA) is 64.6 Å². The van der Waals surface area contributed by atoms with Crippen LogP contribution in [0.2, 0.25) is 0 Å². The lowest BCUT2D eigenvalue weighted by Crippen LogP contribution is -2.84. The van der Waals surface area contributed by atoms with Crippen molar-refractivity contribution in [3.63, 3.8) is 0 Å². The summed E-state index contributed by atoms with van der Waals surface area (Å²) in [5.41, 5.74) is 0.831. The number of quaternary nitrogens is 1. The van der Waals surface area contributed by atoms with Crippen LogP contribution in [0.4, 0.5) is 0 Å². The third-order valence-corrected chi connectivity index (χ3v) is 4.29. The number of rotatable bonds is 7. The molecular formula is C19H24N3O2+. The van der Waals surface area contributed by atoms with Crippen LogP contribution in [0.1, 0.15) is 44.3 Å². The average molecular weight is 326 g/mol. The van der Waals surface area contributed by atoms with E-state index in [1.165, 1.54) is 0 Å². The number of hydrogen-bond acceptors (Lipinski definition) is 3. The van der Waals surface area contributed by atoms with Crippen LogP contribution in [0.3, 0.4) is 0 Å². The highest BCUT2D eigenvalue weighted by Gasteiger charge is 2.21. The normalized spacial score (nSPS) is 12.6. The summed E-state index contributed by atoms with van der Waals surface area (Å²) in [5, 5.41) is 2.89. The molecule has 2 heterocycles. The molecule has 126 valence electrons.